The largest absolute Gasteiger partial charge is 0.384 e. The van der Waals surface area contributed by atoms with Crippen LogP contribution in [0.25, 0.3) is 5.69 Å². The smallest absolute Gasteiger partial charge is 0.283 e. The highest BCUT2D eigenvalue weighted by Crippen LogP contribution is 2.43. The van der Waals surface area contributed by atoms with Gasteiger partial charge in [0.25, 0.3) is 5.91 Å². The Hall–Kier alpha value is -2.85. The van der Waals surface area contributed by atoms with Crippen LogP contribution in [0, 0.1) is 0 Å². The third-order valence-corrected chi connectivity index (χ3v) is 6.38. The van der Waals surface area contributed by atoms with Gasteiger partial charge in [0.2, 0.25) is 0 Å². The van der Waals surface area contributed by atoms with Gasteiger partial charge in [-0.1, -0.05) is 17.7 Å². The van der Waals surface area contributed by atoms with Crippen molar-refractivity contribution < 1.29 is 13.2 Å². The topological polar surface area (TPSA) is 137 Å². The second-order valence-electron chi connectivity index (χ2n) is 7.21. The number of aliphatic imine (C=N–C) groups is 1. The molecule has 0 bridgehead atoms. The molecule has 0 unspecified atom stereocenters. The summed E-state index contributed by atoms with van der Waals surface area (Å²) in [5.74, 6) is -1.00. The van der Waals surface area contributed by atoms with Crippen LogP contribution in [0.15, 0.2) is 46.6 Å². The van der Waals surface area contributed by atoms with Gasteiger partial charge in [-0.3, -0.25) is 4.79 Å². The van der Waals surface area contributed by atoms with Crippen molar-refractivity contribution in [2.24, 2.45) is 16.5 Å². The molecule has 0 spiro atoms. The number of carbonyl (C=O) groups excluding carboxylic acids is 1. The van der Waals surface area contributed by atoms with E-state index >= 15 is 0 Å². The molecule has 0 aliphatic heterocycles. The molecule has 11 heteroatoms. The lowest BCUT2D eigenvalue weighted by molar-refractivity contribution is 0.100. The number of amides is 1. The van der Waals surface area contributed by atoms with E-state index in [0.29, 0.717) is 16.4 Å². The van der Waals surface area contributed by atoms with Crippen LogP contribution in [0.4, 0.5) is 0 Å². The summed E-state index contributed by atoms with van der Waals surface area (Å²) >= 11 is 6.37. The zero-order valence-electron chi connectivity index (χ0n) is 16.6. The summed E-state index contributed by atoms with van der Waals surface area (Å²) in [5.41, 5.74) is 11.9. The Kier molecular flexibility index (Phi) is 6.18. The van der Waals surface area contributed by atoms with Gasteiger partial charge in [0.15, 0.2) is 15.8 Å². The highest BCUT2D eigenvalue weighted by molar-refractivity contribution is 7.91. The van der Waals surface area contributed by atoms with E-state index in [4.69, 9.17) is 23.1 Å². The van der Waals surface area contributed by atoms with Crippen molar-refractivity contribution in [1.29, 1.82) is 0 Å². The maximum atomic E-state index is 12.7. The molecule has 9 nitrogen and oxygen atoms in total. The Labute approximate surface area is 179 Å². The van der Waals surface area contributed by atoms with Crippen molar-refractivity contribution in [3.05, 3.63) is 53.0 Å². The molecule has 1 aliphatic carbocycles. The van der Waals surface area contributed by atoms with Crippen molar-refractivity contribution in [3.63, 3.8) is 0 Å². The van der Waals surface area contributed by atoms with Gasteiger partial charge in [0.1, 0.15) is 0 Å². The predicted octanol–water partition coefficient (Wildman–Crippen LogP) is 1.67. The van der Waals surface area contributed by atoms with Gasteiger partial charge < -0.3 is 16.4 Å². The number of carbonyl (C=O) groups is 1. The average Bonchev–Trinajstić information content (AvgIpc) is 3.39. The van der Waals surface area contributed by atoms with Crippen LogP contribution < -0.4 is 11.5 Å². The fourth-order valence-electron chi connectivity index (χ4n) is 2.97. The number of nitrogens with two attached hydrogens (primary N) is 2. The maximum Gasteiger partial charge on any atom is 0.283 e. The summed E-state index contributed by atoms with van der Waals surface area (Å²) in [7, 11) is 0.0336. The molecule has 160 valence electrons. The molecule has 30 heavy (non-hydrogen) atoms. The van der Waals surface area contributed by atoms with Gasteiger partial charge in [-0.25, -0.2) is 13.1 Å². The molecule has 1 aromatic heterocycles. The molecular weight excluding hydrogens is 428 g/mol. The monoisotopic (exact) mass is 450 g/mol. The van der Waals surface area contributed by atoms with E-state index in [1.54, 1.807) is 17.2 Å². The number of nitrogens with zero attached hydrogens (tertiary/aromatic N) is 4. The van der Waals surface area contributed by atoms with Crippen LogP contribution in [-0.2, 0) is 9.84 Å². The molecule has 4 N–H and O–H groups in total. The lowest BCUT2D eigenvalue weighted by Crippen LogP contribution is -2.24. The first kappa shape index (κ1) is 21.8. The number of rotatable bonds is 7. The zero-order valence-corrected chi connectivity index (χ0v) is 18.2. The molecule has 0 saturated heterocycles. The first-order valence-electron chi connectivity index (χ1n) is 9.18. The molecular formula is C19H23ClN6O3S. The quantitative estimate of drug-likeness (QED) is 0.483. The van der Waals surface area contributed by atoms with Crippen molar-refractivity contribution in [2.75, 3.05) is 19.8 Å². The number of sulfone groups is 1. The minimum Gasteiger partial charge on any atom is -0.384 e. The van der Waals surface area contributed by atoms with Gasteiger partial charge in [0.05, 0.1) is 38.8 Å². The average molecular weight is 451 g/mol. The van der Waals surface area contributed by atoms with Gasteiger partial charge >= 0.3 is 0 Å². The van der Waals surface area contributed by atoms with Crippen LogP contribution >= 0.6 is 11.6 Å². The van der Waals surface area contributed by atoms with Gasteiger partial charge in [-0.15, -0.1) is 0 Å². The lowest BCUT2D eigenvalue weighted by atomic mass is 10.1. The predicted molar refractivity (Wildman–Crippen MR) is 116 cm³/mol. The Morgan fingerprint density at radius 1 is 1.37 bits per heavy atom. The molecule has 1 aliphatic rings. The lowest BCUT2D eigenvalue weighted by Gasteiger charge is -2.12. The Morgan fingerprint density at radius 2 is 2.07 bits per heavy atom. The van der Waals surface area contributed by atoms with Crippen LogP contribution in [0.2, 0.25) is 5.02 Å². The molecule has 2 aromatic rings. The van der Waals surface area contributed by atoms with Crippen molar-refractivity contribution in [1.82, 2.24) is 14.7 Å². The molecule has 3 rings (SSSR count). The third-order valence-electron chi connectivity index (χ3n) is 4.46. The maximum absolute atomic E-state index is 12.7. The van der Waals surface area contributed by atoms with Crippen molar-refractivity contribution in [2.45, 2.75) is 23.7 Å². The normalized spacial score (nSPS) is 14.1. The van der Waals surface area contributed by atoms with E-state index in [9.17, 15) is 13.2 Å². The van der Waals surface area contributed by atoms with Crippen LogP contribution in [0.1, 0.15) is 34.8 Å². The SMILES string of the molecule is CN(C)C=CCS(=O)(=O)c1ccc(Cl)c(-n2ncc(C(=O)N=C(N)N)c2C2CC2)c1. The summed E-state index contributed by atoms with van der Waals surface area (Å²) in [4.78, 5) is 17.9. The Morgan fingerprint density at radius 3 is 2.67 bits per heavy atom. The van der Waals surface area contributed by atoms with Crippen LogP contribution in [-0.4, -0.2) is 54.8 Å². The Bertz CT molecular complexity index is 1130. The summed E-state index contributed by atoms with van der Waals surface area (Å²) in [6.07, 6.45) is 6.37. The van der Waals surface area contributed by atoms with Crippen LogP contribution in [0.5, 0.6) is 0 Å². The number of hydrogen-bond donors (Lipinski definition) is 2. The fourth-order valence-corrected chi connectivity index (χ4v) is 4.26. The second-order valence-corrected chi connectivity index (χ2v) is 9.66. The molecule has 1 saturated carbocycles. The van der Waals surface area contributed by atoms with Gasteiger partial charge in [0, 0.05) is 20.0 Å². The number of halogens is 1. The molecule has 1 heterocycles. The summed E-state index contributed by atoms with van der Waals surface area (Å²) in [6, 6.07) is 4.43. The fraction of sp³-hybridized carbons (Fsp3) is 0.316. The van der Waals surface area contributed by atoms with Crippen molar-refractivity contribution >= 4 is 33.3 Å². The first-order valence-corrected chi connectivity index (χ1v) is 11.2. The van der Waals surface area contributed by atoms with Gasteiger partial charge in [-0.05, 0) is 37.2 Å². The third kappa shape index (κ3) is 4.82. The molecule has 0 radical (unpaired) electrons. The van der Waals surface area contributed by atoms with Crippen molar-refractivity contribution in [3.8, 4) is 5.69 Å². The number of hydrogen-bond acceptors (Lipinski definition) is 5. The molecule has 0 atom stereocenters. The highest BCUT2D eigenvalue weighted by Gasteiger charge is 2.33. The Balaban J connectivity index is 2.05. The molecule has 1 aromatic carbocycles. The minimum absolute atomic E-state index is 0.0972. The van der Waals surface area contributed by atoms with Gasteiger partial charge in [-0.2, -0.15) is 10.1 Å². The summed E-state index contributed by atoms with van der Waals surface area (Å²) in [5, 5.41) is 4.60. The first-order chi connectivity index (χ1) is 14.1. The molecule has 1 fully saturated rings. The van der Waals surface area contributed by atoms with E-state index in [-0.39, 0.29) is 28.1 Å². The van der Waals surface area contributed by atoms with E-state index < -0.39 is 15.7 Å². The minimum atomic E-state index is -3.58. The molecule has 1 amide bonds. The number of aromatic nitrogens is 2. The summed E-state index contributed by atoms with van der Waals surface area (Å²) < 4.78 is 27.0. The second kappa shape index (κ2) is 8.49. The standard InChI is InChI=1S/C19H23ClN6O3S/c1-25(2)8-3-9-30(28,29)13-6-7-15(20)16(10-13)26-17(12-4-5-12)14(11-23-26)18(27)24-19(21)22/h3,6-8,10-12H,4-5,9H2,1-2H3,(H4,21,22,24,27). The number of guanidine groups is 1. The number of benzene rings is 1. The van der Waals surface area contributed by atoms with E-state index in [2.05, 4.69) is 10.1 Å². The summed E-state index contributed by atoms with van der Waals surface area (Å²) in [6.45, 7) is 0. The highest BCUT2D eigenvalue weighted by atomic mass is 35.5. The van der Waals surface area contributed by atoms with E-state index in [1.807, 2.05) is 14.1 Å². The van der Waals surface area contributed by atoms with E-state index in [1.165, 1.54) is 29.1 Å². The zero-order chi connectivity index (χ0) is 22.1. The van der Waals surface area contributed by atoms with Crippen LogP contribution in [0.3, 0.4) is 0 Å². The van der Waals surface area contributed by atoms with E-state index in [0.717, 1.165) is 12.8 Å².